The second-order valence-electron chi connectivity index (χ2n) is 11.2. The summed E-state index contributed by atoms with van der Waals surface area (Å²) in [6, 6.07) is 17.0. The predicted molar refractivity (Wildman–Crippen MR) is 157 cm³/mol. The maximum Gasteiger partial charge on any atom is 0.416 e. The Morgan fingerprint density at radius 1 is 1.02 bits per heavy atom. The van der Waals surface area contributed by atoms with Gasteiger partial charge in [-0.2, -0.15) is 13.2 Å². The van der Waals surface area contributed by atoms with E-state index in [0.29, 0.717) is 24.7 Å². The lowest BCUT2D eigenvalue weighted by molar-refractivity contribution is -0.137. The molecule has 0 aliphatic carbocycles. The topological polar surface area (TPSA) is 79.0 Å². The molecular weight excluding hydrogens is 579 g/mol. The van der Waals surface area contributed by atoms with E-state index in [-0.39, 0.29) is 18.4 Å². The van der Waals surface area contributed by atoms with Crippen LogP contribution in [0.15, 0.2) is 77.7 Å². The summed E-state index contributed by atoms with van der Waals surface area (Å²) in [5, 5.41) is 0. The number of halogens is 3. The van der Waals surface area contributed by atoms with Crippen LogP contribution in [0.25, 0.3) is 0 Å². The van der Waals surface area contributed by atoms with Crippen LogP contribution in [-0.4, -0.2) is 50.9 Å². The molecule has 5 rings (SSSR count). The number of rotatable bonds is 9. The quantitative estimate of drug-likeness (QED) is 0.316. The lowest BCUT2D eigenvalue weighted by Gasteiger charge is -2.34. The Morgan fingerprint density at radius 2 is 1.77 bits per heavy atom. The summed E-state index contributed by atoms with van der Waals surface area (Å²) in [6.45, 7) is 3.45. The number of amides is 1. The minimum atomic E-state index is -4.70. The largest absolute Gasteiger partial charge is 0.493 e. The number of carbonyl (C=O) groups is 1. The second kappa shape index (κ2) is 13.1. The molecule has 3 aromatic carbocycles. The first-order valence-electron chi connectivity index (χ1n) is 14.5. The SMILES string of the molecule is CN(C(=O)CC(NS(=O)(=O)c1cccc(C(F)(F)F)c1)c1ccccc1)[C@@H]1CCOc2cc(CN3CCCCC3)ccc21. The zero-order valence-electron chi connectivity index (χ0n) is 24.0. The van der Waals surface area contributed by atoms with Crippen molar-refractivity contribution in [2.75, 3.05) is 26.7 Å². The predicted octanol–water partition coefficient (Wildman–Crippen LogP) is 6.08. The average Bonchev–Trinajstić information content (AvgIpc) is 3.00. The minimum absolute atomic E-state index is 0.224. The fourth-order valence-electron chi connectivity index (χ4n) is 5.79. The lowest BCUT2D eigenvalue weighted by Crippen LogP contribution is -2.38. The van der Waals surface area contributed by atoms with Crippen molar-refractivity contribution >= 4 is 15.9 Å². The van der Waals surface area contributed by atoms with E-state index in [2.05, 4.69) is 15.7 Å². The molecule has 1 saturated heterocycles. The first-order chi connectivity index (χ1) is 20.5. The number of sulfonamides is 1. The van der Waals surface area contributed by atoms with Gasteiger partial charge >= 0.3 is 6.18 Å². The van der Waals surface area contributed by atoms with Gasteiger partial charge in [0.25, 0.3) is 0 Å². The molecule has 11 heteroatoms. The van der Waals surface area contributed by atoms with Crippen molar-refractivity contribution in [3.05, 3.63) is 95.1 Å². The molecule has 7 nitrogen and oxygen atoms in total. The van der Waals surface area contributed by atoms with Crippen molar-refractivity contribution in [2.24, 2.45) is 0 Å². The van der Waals surface area contributed by atoms with E-state index in [1.54, 1.807) is 42.3 Å². The first-order valence-corrected chi connectivity index (χ1v) is 16.0. The maximum atomic E-state index is 13.7. The summed E-state index contributed by atoms with van der Waals surface area (Å²) in [4.78, 5) is 17.2. The number of piperidine rings is 1. The molecule has 2 atom stereocenters. The third-order valence-corrected chi connectivity index (χ3v) is 9.62. The normalized spacial score (nSPS) is 18.4. The van der Waals surface area contributed by atoms with Crippen LogP contribution in [0.4, 0.5) is 13.2 Å². The van der Waals surface area contributed by atoms with Gasteiger partial charge in [-0.1, -0.05) is 55.0 Å². The number of alkyl halides is 3. The van der Waals surface area contributed by atoms with Crippen molar-refractivity contribution in [1.29, 1.82) is 0 Å². The smallest absolute Gasteiger partial charge is 0.416 e. The van der Waals surface area contributed by atoms with Gasteiger partial charge in [-0.15, -0.1) is 0 Å². The van der Waals surface area contributed by atoms with Gasteiger partial charge < -0.3 is 9.64 Å². The summed E-state index contributed by atoms with van der Waals surface area (Å²) in [7, 11) is -2.71. The van der Waals surface area contributed by atoms with E-state index >= 15 is 0 Å². The molecule has 2 aliphatic heterocycles. The third kappa shape index (κ3) is 7.57. The third-order valence-electron chi connectivity index (χ3n) is 8.15. The van der Waals surface area contributed by atoms with E-state index in [4.69, 9.17) is 4.74 Å². The molecule has 1 fully saturated rings. The van der Waals surface area contributed by atoms with Crippen molar-refractivity contribution in [1.82, 2.24) is 14.5 Å². The van der Waals surface area contributed by atoms with Gasteiger partial charge in [-0.25, -0.2) is 13.1 Å². The Kier molecular flexibility index (Phi) is 9.43. The maximum absolute atomic E-state index is 13.7. The Morgan fingerprint density at radius 3 is 2.49 bits per heavy atom. The van der Waals surface area contributed by atoms with E-state index in [0.717, 1.165) is 54.7 Å². The van der Waals surface area contributed by atoms with Crippen molar-refractivity contribution < 1.29 is 31.1 Å². The number of fused-ring (bicyclic) bond motifs is 1. The highest BCUT2D eigenvalue weighted by atomic mass is 32.2. The molecule has 43 heavy (non-hydrogen) atoms. The lowest BCUT2D eigenvalue weighted by atomic mass is 9.96. The number of likely N-dealkylation sites (tertiary alicyclic amines) is 1. The molecule has 230 valence electrons. The van der Waals surface area contributed by atoms with Crippen molar-refractivity contribution in [2.45, 2.75) is 61.8 Å². The molecule has 1 amide bonds. The van der Waals surface area contributed by atoms with E-state index in [1.165, 1.54) is 19.3 Å². The summed E-state index contributed by atoms with van der Waals surface area (Å²) in [5.41, 5.74) is 1.50. The van der Waals surface area contributed by atoms with Crippen LogP contribution < -0.4 is 9.46 Å². The van der Waals surface area contributed by atoms with Crippen LogP contribution in [0.3, 0.4) is 0 Å². The molecule has 2 aliphatic rings. The Labute approximate surface area is 250 Å². The minimum Gasteiger partial charge on any atom is -0.493 e. The number of ether oxygens (including phenoxy) is 1. The van der Waals surface area contributed by atoms with E-state index in [1.807, 2.05) is 12.1 Å². The number of carbonyl (C=O) groups excluding carboxylic acids is 1. The summed E-state index contributed by atoms with van der Waals surface area (Å²) in [5.74, 6) is 0.436. The summed E-state index contributed by atoms with van der Waals surface area (Å²) in [6.07, 6.45) is -0.668. The van der Waals surface area contributed by atoms with Crippen LogP contribution in [0.2, 0.25) is 0 Å². The van der Waals surface area contributed by atoms with Crippen molar-refractivity contribution in [3.63, 3.8) is 0 Å². The zero-order chi connectivity index (χ0) is 30.6. The monoisotopic (exact) mass is 615 g/mol. The van der Waals surface area contributed by atoms with Gasteiger partial charge in [0.1, 0.15) is 5.75 Å². The van der Waals surface area contributed by atoms with E-state index < -0.39 is 32.7 Å². The number of hydrogen-bond donors (Lipinski definition) is 1. The summed E-state index contributed by atoms with van der Waals surface area (Å²) < 4.78 is 74.8. The van der Waals surface area contributed by atoms with Crippen LogP contribution in [-0.2, 0) is 27.5 Å². The number of nitrogens with zero attached hydrogens (tertiary/aromatic N) is 2. The van der Waals surface area contributed by atoms with Crippen LogP contribution >= 0.6 is 0 Å². The van der Waals surface area contributed by atoms with Gasteiger partial charge in [0, 0.05) is 32.0 Å². The van der Waals surface area contributed by atoms with E-state index in [9.17, 15) is 26.4 Å². The van der Waals surface area contributed by atoms with Gasteiger partial charge in [0.15, 0.2) is 0 Å². The van der Waals surface area contributed by atoms with Gasteiger partial charge in [-0.05, 0) is 61.3 Å². The highest BCUT2D eigenvalue weighted by Gasteiger charge is 2.34. The van der Waals surface area contributed by atoms with Crippen LogP contribution in [0.1, 0.15) is 66.4 Å². The standard InChI is InChI=1S/C32H36F3N3O4S/c1-37(29-15-18-42-30-19-23(13-14-27(29)30)22-38-16-6-3-7-17-38)31(39)21-28(24-9-4-2-5-10-24)36-43(40,41)26-12-8-11-25(20-26)32(33,34)35/h2,4-5,8-14,19-20,28-29,36H,3,6-7,15-18,21-22H2,1H3/t28?,29-/m1/s1. The molecule has 0 saturated carbocycles. The molecule has 1 unspecified atom stereocenters. The van der Waals surface area contributed by atoms with Crippen LogP contribution in [0, 0.1) is 0 Å². The molecule has 2 heterocycles. The number of hydrogen-bond acceptors (Lipinski definition) is 5. The fraction of sp³-hybridized carbons (Fsp3) is 0.406. The zero-order valence-corrected chi connectivity index (χ0v) is 24.8. The number of nitrogens with one attached hydrogen (secondary N) is 1. The molecule has 1 N–H and O–H groups in total. The van der Waals surface area contributed by atoms with Crippen LogP contribution in [0.5, 0.6) is 5.75 Å². The Hall–Kier alpha value is -3.41. The second-order valence-corrected chi connectivity index (χ2v) is 12.9. The Bertz CT molecular complexity index is 1530. The highest BCUT2D eigenvalue weighted by Crippen LogP contribution is 2.37. The molecule has 0 bridgehead atoms. The molecule has 0 aromatic heterocycles. The van der Waals surface area contributed by atoms with Gasteiger partial charge in [-0.3, -0.25) is 9.69 Å². The first kappa shape index (κ1) is 31.0. The van der Waals surface area contributed by atoms with Gasteiger partial charge in [0.05, 0.1) is 29.1 Å². The average molecular weight is 616 g/mol. The fourth-order valence-corrected chi connectivity index (χ4v) is 7.06. The summed E-state index contributed by atoms with van der Waals surface area (Å²) >= 11 is 0. The Balaban J connectivity index is 1.34. The highest BCUT2D eigenvalue weighted by molar-refractivity contribution is 7.89. The number of benzene rings is 3. The van der Waals surface area contributed by atoms with Crippen molar-refractivity contribution in [3.8, 4) is 5.75 Å². The molecule has 0 radical (unpaired) electrons. The van der Waals surface area contributed by atoms with Gasteiger partial charge in [0.2, 0.25) is 15.9 Å². The molecule has 3 aromatic rings. The molecular formula is C32H36F3N3O4S. The molecule has 0 spiro atoms.